The Bertz CT molecular complexity index is 193. The minimum atomic E-state index is -0.782. The molecule has 4 heteroatoms. The van der Waals surface area contributed by atoms with Crippen LogP contribution in [0.1, 0.15) is 40.5 Å². The van der Waals surface area contributed by atoms with E-state index in [2.05, 4.69) is 24.1 Å². The van der Waals surface area contributed by atoms with Crippen LogP contribution in [0.5, 0.6) is 0 Å². The zero-order valence-corrected chi connectivity index (χ0v) is 11.0. The Balaban J connectivity index is 3.65. The molecule has 0 heterocycles. The van der Waals surface area contributed by atoms with Crippen LogP contribution in [-0.4, -0.2) is 47.7 Å². The molecule has 0 aliphatic rings. The SMILES string of the molecule is CCN(CC)CCCC(C)NC(C)C(=O)O. The highest BCUT2D eigenvalue weighted by Gasteiger charge is 2.13. The van der Waals surface area contributed by atoms with Crippen molar-refractivity contribution in [2.24, 2.45) is 0 Å². The number of nitrogens with zero attached hydrogens (tertiary/aromatic N) is 1. The summed E-state index contributed by atoms with van der Waals surface area (Å²) in [6, 6.07) is -0.190. The zero-order valence-electron chi connectivity index (χ0n) is 11.0. The summed E-state index contributed by atoms with van der Waals surface area (Å²) in [6.45, 7) is 11.3. The third-order valence-electron chi connectivity index (χ3n) is 2.91. The summed E-state index contributed by atoms with van der Waals surface area (Å²) in [7, 11) is 0. The lowest BCUT2D eigenvalue weighted by molar-refractivity contribution is -0.139. The molecule has 16 heavy (non-hydrogen) atoms. The highest BCUT2D eigenvalue weighted by atomic mass is 16.4. The van der Waals surface area contributed by atoms with Gasteiger partial charge in [0, 0.05) is 6.04 Å². The molecule has 0 aromatic heterocycles. The van der Waals surface area contributed by atoms with E-state index >= 15 is 0 Å². The van der Waals surface area contributed by atoms with E-state index < -0.39 is 12.0 Å². The summed E-state index contributed by atoms with van der Waals surface area (Å²) >= 11 is 0. The van der Waals surface area contributed by atoms with Crippen LogP contribution < -0.4 is 5.32 Å². The second kappa shape index (κ2) is 8.53. The van der Waals surface area contributed by atoms with Crippen LogP contribution in [0.15, 0.2) is 0 Å². The molecule has 0 rings (SSSR count). The molecule has 2 unspecified atom stereocenters. The second-order valence-corrected chi connectivity index (χ2v) is 4.30. The van der Waals surface area contributed by atoms with Crippen LogP contribution in [0.2, 0.25) is 0 Å². The number of carboxylic acids is 1. The summed E-state index contributed by atoms with van der Waals surface area (Å²) in [5.41, 5.74) is 0. The van der Waals surface area contributed by atoms with Crippen molar-refractivity contribution in [1.29, 1.82) is 0 Å². The van der Waals surface area contributed by atoms with Crippen molar-refractivity contribution in [2.75, 3.05) is 19.6 Å². The lowest BCUT2D eigenvalue weighted by Gasteiger charge is -2.20. The number of carboxylic acid groups (broad SMARTS) is 1. The van der Waals surface area contributed by atoms with Crippen molar-refractivity contribution in [2.45, 2.75) is 52.6 Å². The first-order valence-corrected chi connectivity index (χ1v) is 6.22. The molecule has 0 saturated heterocycles. The standard InChI is InChI=1S/C12H26N2O2/c1-5-14(6-2)9-7-8-10(3)13-11(4)12(15)16/h10-11,13H,5-9H2,1-4H3,(H,15,16). The fourth-order valence-corrected chi connectivity index (χ4v) is 1.74. The van der Waals surface area contributed by atoms with Crippen molar-refractivity contribution in [3.05, 3.63) is 0 Å². The minimum Gasteiger partial charge on any atom is -0.480 e. The van der Waals surface area contributed by atoms with E-state index in [4.69, 9.17) is 5.11 Å². The van der Waals surface area contributed by atoms with E-state index in [-0.39, 0.29) is 6.04 Å². The maximum Gasteiger partial charge on any atom is 0.320 e. The van der Waals surface area contributed by atoms with E-state index in [1.165, 1.54) is 0 Å². The Kier molecular flexibility index (Phi) is 8.21. The average molecular weight is 230 g/mol. The number of rotatable bonds is 9. The summed E-state index contributed by atoms with van der Waals surface area (Å²) in [5, 5.41) is 11.8. The van der Waals surface area contributed by atoms with Crippen molar-refractivity contribution in [3.63, 3.8) is 0 Å². The predicted molar refractivity (Wildman–Crippen MR) is 66.7 cm³/mol. The van der Waals surface area contributed by atoms with Crippen molar-refractivity contribution in [1.82, 2.24) is 10.2 Å². The number of hydrogen-bond acceptors (Lipinski definition) is 3. The molecule has 0 amide bonds. The van der Waals surface area contributed by atoms with Gasteiger partial charge in [0.2, 0.25) is 0 Å². The van der Waals surface area contributed by atoms with Gasteiger partial charge in [-0.1, -0.05) is 13.8 Å². The molecule has 2 N–H and O–H groups in total. The van der Waals surface area contributed by atoms with Crippen LogP contribution in [0.3, 0.4) is 0 Å². The summed E-state index contributed by atoms with van der Waals surface area (Å²) in [4.78, 5) is 13.0. The normalized spacial score (nSPS) is 15.1. The molecular weight excluding hydrogens is 204 g/mol. The quantitative estimate of drug-likeness (QED) is 0.631. The highest BCUT2D eigenvalue weighted by Crippen LogP contribution is 2.00. The molecule has 0 saturated carbocycles. The van der Waals surface area contributed by atoms with Crippen molar-refractivity contribution < 1.29 is 9.90 Å². The molecule has 0 bridgehead atoms. The molecule has 96 valence electrons. The molecular formula is C12H26N2O2. The van der Waals surface area contributed by atoms with E-state index in [1.54, 1.807) is 6.92 Å². The number of aliphatic carboxylic acids is 1. The van der Waals surface area contributed by atoms with Crippen LogP contribution in [0, 0.1) is 0 Å². The van der Waals surface area contributed by atoms with E-state index in [9.17, 15) is 4.79 Å². The summed E-state index contributed by atoms with van der Waals surface area (Å²) < 4.78 is 0. The first kappa shape index (κ1) is 15.4. The van der Waals surface area contributed by atoms with Crippen molar-refractivity contribution >= 4 is 5.97 Å². The monoisotopic (exact) mass is 230 g/mol. The Labute approximate surface area is 99.0 Å². The fourth-order valence-electron chi connectivity index (χ4n) is 1.74. The number of hydrogen-bond donors (Lipinski definition) is 2. The van der Waals surface area contributed by atoms with Gasteiger partial charge in [0.15, 0.2) is 0 Å². The van der Waals surface area contributed by atoms with Gasteiger partial charge in [-0.3, -0.25) is 4.79 Å². The molecule has 0 aromatic carbocycles. The van der Waals surface area contributed by atoms with Gasteiger partial charge in [-0.15, -0.1) is 0 Å². The van der Waals surface area contributed by atoms with Gasteiger partial charge in [-0.25, -0.2) is 0 Å². The van der Waals surface area contributed by atoms with Gasteiger partial charge in [0.25, 0.3) is 0 Å². The Hall–Kier alpha value is -0.610. The topological polar surface area (TPSA) is 52.6 Å². The summed E-state index contributed by atoms with van der Waals surface area (Å²) in [6.07, 6.45) is 2.14. The van der Waals surface area contributed by atoms with E-state index in [0.717, 1.165) is 32.5 Å². The summed E-state index contributed by atoms with van der Waals surface area (Å²) in [5.74, 6) is -0.782. The van der Waals surface area contributed by atoms with Gasteiger partial charge in [0.1, 0.15) is 6.04 Å². The largest absolute Gasteiger partial charge is 0.480 e. The molecule has 2 atom stereocenters. The van der Waals surface area contributed by atoms with Crippen LogP contribution in [-0.2, 0) is 4.79 Å². The van der Waals surface area contributed by atoms with Gasteiger partial charge >= 0.3 is 5.97 Å². The minimum absolute atomic E-state index is 0.265. The maximum absolute atomic E-state index is 10.6. The van der Waals surface area contributed by atoms with E-state index in [1.807, 2.05) is 6.92 Å². The molecule has 0 spiro atoms. The van der Waals surface area contributed by atoms with Gasteiger partial charge < -0.3 is 15.3 Å². The fraction of sp³-hybridized carbons (Fsp3) is 0.917. The van der Waals surface area contributed by atoms with Crippen molar-refractivity contribution in [3.8, 4) is 0 Å². The third kappa shape index (κ3) is 6.80. The Morgan fingerprint density at radius 3 is 2.31 bits per heavy atom. The first-order chi connectivity index (χ1) is 7.51. The Morgan fingerprint density at radius 2 is 1.88 bits per heavy atom. The maximum atomic E-state index is 10.6. The molecule has 0 radical (unpaired) electrons. The molecule has 0 aromatic rings. The van der Waals surface area contributed by atoms with Gasteiger partial charge in [0.05, 0.1) is 0 Å². The van der Waals surface area contributed by atoms with E-state index in [0.29, 0.717) is 0 Å². The lowest BCUT2D eigenvalue weighted by atomic mass is 10.1. The predicted octanol–water partition coefficient (Wildman–Crippen LogP) is 1.56. The highest BCUT2D eigenvalue weighted by molar-refractivity contribution is 5.72. The molecule has 0 aliphatic carbocycles. The number of nitrogens with one attached hydrogen (secondary N) is 1. The van der Waals surface area contributed by atoms with Gasteiger partial charge in [-0.05, 0) is 46.3 Å². The average Bonchev–Trinajstić information content (AvgIpc) is 2.24. The molecule has 0 fully saturated rings. The van der Waals surface area contributed by atoms with Crippen LogP contribution in [0.4, 0.5) is 0 Å². The third-order valence-corrected chi connectivity index (χ3v) is 2.91. The van der Waals surface area contributed by atoms with Crippen LogP contribution in [0.25, 0.3) is 0 Å². The zero-order chi connectivity index (χ0) is 12.6. The first-order valence-electron chi connectivity index (χ1n) is 6.22. The number of carbonyl (C=O) groups is 1. The Morgan fingerprint density at radius 1 is 1.31 bits per heavy atom. The van der Waals surface area contributed by atoms with Crippen LogP contribution >= 0.6 is 0 Å². The molecule has 4 nitrogen and oxygen atoms in total. The smallest absolute Gasteiger partial charge is 0.320 e. The second-order valence-electron chi connectivity index (χ2n) is 4.30. The lowest BCUT2D eigenvalue weighted by Crippen LogP contribution is -2.40. The molecule has 0 aliphatic heterocycles. The van der Waals surface area contributed by atoms with Gasteiger partial charge in [-0.2, -0.15) is 0 Å².